The van der Waals surface area contributed by atoms with Gasteiger partial charge < -0.3 is 9.22 Å². The van der Waals surface area contributed by atoms with Crippen molar-refractivity contribution in [1.29, 1.82) is 0 Å². The van der Waals surface area contributed by atoms with Crippen LogP contribution in [0.25, 0.3) is 0 Å². The Bertz CT molecular complexity index is 2860. The Morgan fingerprint density at radius 1 is 0.355 bits per heavy atom. The van der Waals surface area contributed by atoms with Crippen LogP contribution in [0.1, 0.15) is 4.88 Å². The molecule has 1 heterocycles. The monoisotopic (exact) mass is 1080 g/mol. The minimum Gasteiger partial charge on any atom is -0.0622 e. The minimum absolute atomic E-state index is 0.446. The predicted molar refractivity (Wildman–Crippen MR) is 340 cm³/mol. The summed E-state index contributed by atoms with van der Waals surface area (Å²) in [6, 6.07) is 110. The molecule has 0 aliphatic carbocycles. The summed E-state index contributed by atoms with van der Waals surface area (Å²) in [4.78, 5) is 1.43. The number of nitrogens with zero attached hydrogens (tertiary/aromatic N) is 1. The molecule has 0 saturated heterocycles. The van der Waals surface area contributed by atoms with Crippen molar-refractivity contribution in [1.82, 2.24) is 0 Å². The fraction of sp³-hybridized carbons (Fsp3) is 0.0725. The number of quaternary nitrogens is 1. The molecule has 10 aromatic carbocycles. The maximum Gasteiger partial charge on any atom is -0.0134 e. The van der Waals surface area contributed by atoms with Crippen molar-refractivity contribution in [3.63, 3.8) is 0 Å². The first-order valence-corrected chi connectivity index (χ1v) is 32.2. The van der Waals surface area contributed by atoms with Gasteiger partial charge in [0.25, 0.3) is 0 Å². The molecule has 0 fully saturated rings. The van der Waals surface area contributed by atoms with Gasteiger partial charge >= 0.3 is 125 Å². The smallest absolute Gasteiger partial charge is 0.0134 e. The van der Waals surface area contributed by atoms with E-state index in [1.807, 2.05) is 59.9 Å². The number of hydrogen-bond donors (Lipinski definition) is 0. The van der Waals surface area contributed by atoms with Crippen molar-refractivity contribution in [2.24, 2.45) is 0 Å². The van der Waals surface area contributed by atoms with Gasteiger partial charge in [-0.2, -0.15) is 0 Å². The van der Waals surface area contributed by atoms with Crippen LogP contribution >= 0.6 is 45.0 Å². The van der Waals surface area contributed by atoms with E-state index < -0.39 is 22.5 Å². The van der Waals surface area contributed by atoms with Gasteiger partial charge in [0.15, 0.2) is 0 Å². The van der Waals surface area contributed by atoms with Crippen molar-refractivity contribution < 1.29 is 9.22 Å². The molecule has 0 bridgehead atoms. The molecular formula is C69H66ClNOP3S+. The van der Waals surface area contributed by atoms with Crippen LogP contribution in [-0.4, -0.2) is 31.7 Å². The Labute approximate surface area is 464 Å². The fourth-order valence-corrected chi connectivity index (χ4v) is 18.3. The molecule has 0 N–H and O–H groups in total. The molecule has 0 atom stereocenters. The molecule has 0 spiro atoms. The second-order valence-corrected chi connectivity index (χ2v) is 28.7. The van der Waals surface area contributed by atoms with Crippen LogP contribution in [-0.2, 0) is 6.54 Å². The second-order valence-electron chi connectivity index (χ2n) is 18.5. The fourth-order valence-electron chi connectivity index (χ4n) is 8.69. The number of thiophene rings is 1. The summed E-state index contributed by atoms with van der Waals surface area (Å²) in [5.74, 6) is 0.952. The van der Waals surface area contributed by atoms with E-state index in [0.29, 0.717) is 0 Å². The number of rotatable bonds is 15. The minimum atomic E-state index is -2.41. The summed E-state index contributed by atoms with van der Waals surface area (Å²) in [7, 11) is 3.60. The number of halogens is 1. The van der Waals surface area contributed by atoms with Crippen LogP contribution in [0, 0.1) is 0 Å². The molecule has 1 aromatic heterocycles. The number of hydrogen-bond acceptors (Lipinski definition) is 2. The van der Waals surface area contributed by atoms with Crippen LogP contribution in [0.5, 0.6) is 5.75 Å². The van der Waals surface area contributed by atoms with E-state index in [2.05, 4.69) is 286 Å². The Morgan fingerprint density at radius 2 is 0.618 bits per heavy atom. The summed E-state index contributed by atoms with van der Waals surface area (Å²) in [5, 5.41) is 14.2. The van der Waals surface area contributed by atoms with Gasteiger partial charge in [0.2, 0.25) is 0 Å². The third-order valence-corrected chi connectivity index (χ3v) is 23.6. The number of ether oxygens (including phenoxy) is 1. The molecule has 0 unspecified atom stereocenters. The first kappa shape index (κ1) is 55.5. The van der Waals surface area contributed by atoms with Crippen LogP contribution < -0.4 is 52.5 Å². The summed E-state index contributed by atoms with van der Waals surface area (Å²) < 4.78 is 6.70. The third-order valence-electron chi connectivity index (χ3n) is 12.5. The van der Waals surface area contributed by atoms with Crippen LogP contribution in [0.3, 0.4) is 0 Å². The molecule has 7 heteroatoms. The van der Waals surface area contributed by atoms with E-state index in [9.17, 15) is 0 Å². The van der Waals surface area contributed by atoms with E-state index >= 15 is 0 Å². The van der Waals surface area contributed by atoms with Gasteiger partial charge in [0, 0.05) is 0 Å². The third kappa shape index (κ3) is 16.4. The molecule has 76 heavy (non-hydrogen) atoms. The van der Waals surface area contributed by atoms with E-state index in [1.54, 1.807) is 0 Å². The van der Waals surface area contributed by atoms with Gasteiger partial charge in [-0.25, -0.2) is 0 Å². The average molecular weight is 1090 g/mol. The molecular weight excluding hydrogens is 1020 g/mol. The van der Waals surface area contributed by atoms with E-state index in [0.717, 1.165) is 29.9 Å². The van der Waals surface area contributed by atoms with Gasteiger partial charge in [-0.3, -0.25) is 0 Å². The largest absolute Gasteiger partial charge is 0.0622 e. The van der Waals surface area contributed by atoms with Crippen molar-refractivity contribution in [2.75, 3.05) is 27.2 Å². The molecule has 11 aromatic rings. The van der Waals surface area contributed by atoms with E-state index in [1.165, 1.54) is 52.6 Å². The molecule has 0 aliphatic heterocycles. The summed E-state index contributed by atoms with van der Waals surface area (Å²) in [6.07, 6.45) is 0. The molecule has 0 aliphatic rings. The first-order chi connectivity index (χ1) is 37.4. The quantitative estimate of drug-likeness (QED) is 0.0734. The van der Waals surface area contributed by atoms with Crippen molar-refractivity contribution >= 4 is 92.8 Å². The average Bonchev–Trinajstić information content (AvgIpc) is 4.01. The topological polar surface area (TPSA) is 9.23 Å². The standard InChI is InChI=1S/C18H16ClP.2C18H15P.C15H20NOS/c19-20(16-10-4-1-5-11-16,17-12-6-2-7-13-17)18-14-8-3-9-15-18;2*1-4-10-16(11-5-1)19(17-12-6-2-7-13-17)18-14-8-3-9-15-18;1-16(2,13-15-9-6-12-18-15)10-11-17-14-7-4-3-5-8-14/h1-15,20H;2*1-15H;3-9,12H,10-11,13H2,1-2H3/q;;;+1. The zero-order chi connectivity index (χ0) is 52.5. The maximum absolute atomic E-state index is 7.25. The second kappa shape index (κ2) is 29.5. The van der Waals surface area contributed by atoms with Crippen LogP contribution in [0.4, 0.5) is 0 Å². The molecule has 0 amide bonds. The Balaban J connectivity index is 0.000000134. The number of benzene rings is 10. The van der Waals surface area contributed by atoms with Crippen LogP contribution in [0.2, 0.25) is 0 Å². The summed E-state index contributed by atoms with van der Waals surface area (Å²) in [5.41, 5.74) is 0. The molecule has 2 nitrogen and oxygen atoms in total. The Hall–Kier alpha value is -6.76. The Morgan fingerprint density at radius 3 is 0.882 bits per heavy atom. The van der Waals surface area contributed by atoms with Crippen molar-refractivity contribution in [3.8, 4) is 5.75 Å². The zero-order valence-corrected chi connectivity index (χ0v) is 47.6. The van der Waals surface area contributed by atoms with E-state index in [4.69, 9.17) is 16.0 Å². The van der Waals surface area contributed by atoms with Crippen LogP contribution in [0.15, 0.2) is 321 Å². The molecule has 11 rings (SSSR count). The number of para-hydroxylation sites is 1. The van der Waals surface area contributed by atoms with Gasteiger partial charge in [0.1, 0.15) is 25.4 Å². The van der Waals surface area contributed by atoms with Gasteiger partial charge in [-0.15, -0.1) is 11.3 Å². The van der Waals surface area contributed by atoms with Gasteiger partial charge in [-0.05, 0) is 71.2 Å². The van der Waals surface area contributed by atoms with Crippen molar-refractivity contribution in [3.05, 3.63) is 326 Å². The zero-order valence-electron chi connectivity index (χ0n) is 43.3. The first-order valence-electron chi connectivity index (χ1n) is 25.7. The van der Waals surface area contributed by atoms with Crippen molar-refractivity contribution in [2.45, 2.75) is 6.54 Å². The van der Waals surface area contributed by atoms with Gasteiger partial charge in [-0.1, -0.05) is 206 Å². The predicted octanol–water partition coefficient (Wildman–Crippen LogP) is 14.2. The maximum atomic E-state index is 7.25. The molecule has 0 saturated carbocycles. The Kier molecular flexibility index (Phi) is 21.5. The SMILES string of the molecule is C[N+](C)(CCOc1ccccc1)Cc1cccs1.Cl[PH](c1ccccc1)(c1ccccc1)c1ccccc1.c1ccc(P(c2ccccc2)c2ccccc2)cc1.c1ccc(P(c2ccccc2)c2ccccc2)cc1. The number of likely N-dealkylation sites (N-methyl/N-ethyl adjacent to an activating group) is 1. The summed E-state index contributed by atoms with van der Waals surface area (Å²) >= 11 is 9.08. The normalized spacial score (nSPS) is 11.2. The van der Waals surface area contributed by atoms with Gasteiger partial charge in [0.05, 0.1) is 19.0 Å². The van der Waals surface area contributed by atoms with E-state index in [-0.39, 0.29) is 0 Å². The molecule has 380 valence electrons. The summed E-state index contributed by atoms with van der Waals surface area (Å²) in [6.45, 7) is 0.419. The molecule has 0 radical (unpaired) electrons.